The average Bonchev–Trinajstić information content (AvgIpc) is 3.30. The number of amides is 1. The maximum absolute atomic E-state index is 13.0. The molecule has 1 saturated carbocycles. The fourth-order valence-corrected chi connectivity index (χ4v) is 4.30. The third-order valence-electron chi connectivity index (χ3n) is 5.40. The number of aliphatic carboxylic acids is 1. The Labute approximate surface area is 140 Å². The maximum Gasteiger partial charge on any atom is 0.326 e. The van der Waals surface area contributed by atoms with Crippen molar-refractivity contribution in [1.82, 2.24) is 9.47 Å². The van der Waals surface area contributed by atoms with Crippen LogP contribution >= 0.6 is 0 Å². The first-order valence-electron chi connectivity index (χ1n) is 8.42. The third-order valence-corrected chi connectivity index (χ3v) is 5.40. The number of benzene rings is 1. The molecule has 3 atom stereocenters. The van der Waals surface area contributed by atoms with Gasteiger partial charge in [0.25, 0.3) is 5.91 Å². The Balaban J connectivity index is 1.64. The molecule has 1 aromatic heterocycles. The minimum Gasteiger partial charge on any atom is -0.480 e. The molecule has 1 aliphatic carbocycles. The van der Waals surface area contributed by atoms with E-state index >= 15 is 0 Å². The number of carbonyl (C=O) groups excluding carboxylic acids is 1. The Hall–Kier alpha value is -2.56. The highest BCUT2D eigenvalue weighted by molar-refractivity contribution is 5.97. The van der Waals surface area contributed by atoms with Crippen molar-refractivity contribution in [2.45, 2.75) is 25.3 Å². The average molecular weight is 324 g/mol. The number of fused-ring (bicyclic) bond motifs is 1. The number of aromatic nitrogens is 1. The summed E-state index contributed by atoms with van der Waals surface area (Å²) < 4.78 is 1.93. The summed E-state index contributed by atoms with van der Waals surface area (Å²) in [6, 6.07) is 10.5. The number of carbonyl (C=O) groups is 2. The molecule has 5 nitrogen and oxygen atoms in total. The summed E-state index contributed by atoms with van der Waals surface area (Å²) in [4.78, 5) is 26.3. The van der Waals surface area contributed by atoms with Gasteiger partial charge in [0.05, 0.1) is 0 Å². The van der Waals surface area contributed by atoms with Gasteiger partial charge in [-0.15, -0.1) is 0 Å². The molecule has 1 saturated heterocycles. The smallest absolute Gasteiger partial charge is 0.326 e. The summed E-state index contributed by atoms with van der Waals surface area (Å²) in [6.45, 7) is 0.564. The SMILES string of the molecule is O=C(O)C1C2CCCC2CN1C(=O)c1cccc(-n2cccc2)c1. The van der Waals surface area contributed by atoms with Crippen LogP contribution < -0.4 is 0 Å². The minimum absolute atomic E-state index is 0.110. The molecule has 2 fully saturated rings. The Morgan fingerprint density at radius 3 is 2.62 bits per heavy atom. The van der Waals surface area contributed by atoms with E-state index in [1.54, 1.807) is 11.0 Å². The Morgan fingerprint density at radius 1 is 1.08 bits per heavy atom. The maximum atomic E-state index is 13.0. The van der Waals surface area contributed by atoms with Gasteiger partial charge >= 0.3 is 5.97 Å². The molecule has 2 aromatic rings. The highest BCUT2D eigenvalue weighted by Crippen LogP contribution is 2.42. The summed E-state index contributed by atoms with van der Waals surface area (Å²) in [6.07, 6.45) is 6.86. The van der Waals surface area contributed by atoms with E-state index in [9.17, 15) is 14.7 Å². The predicted molar refractivity (Wildman–Crippen MR) is 89.1 cm³/mol. The topological polar surface area (TPSA) is 62.5 Å². The lowest BCUT2D eigenvalue weighted by molar-refractivity contribution is -0.142. The molecule has 0 radical (unpaired) electrons. The Bertz CT molecular complexity index is 769. The lowest BCUT2D eigenvalue weighted by Gasteiger charge is -2.24. The van der Waals surface area contributed by atoms with Crippen LogP contribution in [0.25, 0.3) is 5.69 Å². The van der Waals surface area contributed by atoms with E-state index in [2.05, 4.69) is 0 Å². The van der Waals surface area contributed by atoms with Crippen molar-refractivity contribution < 1.29 is 14.7 Å². The summed E-state index contributed by atoms with van der Waals surface area (Å²) in [5.74, 6) is -0.605. The standard InChI is InChI=1S/C19H20N2O3/c22-18(13-5-3-7-15(11-13)20-9-1-2-10-20)21-12-14-6-4-8-16(14)17(21)19(23)24/h1-3,5,7,9-11,14,16-17H,4,6,8,12H2,(H,23,24). The van der Waals surface area contributed by atoms with Crippen molar-refractivity contribution in [3.8, 4) is 5.69 Å². The van der Waals surface area contributed by atoms with Crippen LogP contribution in [0.2, 0.25) is 0 Å². The lowest BCUT2D eigenvalue weighted by atomic mass is 9.94. The van der Waals surface area contributed by atoms with E-state index in [4.69, 9.17) is 0 Å². The number of nitrogens with zero attached hydrogens (tertiary/aromatic N) is 2. The van der Waals surface area contributed by atoms with Crippen molar-refractivity contribution in [1.29, 1.82) is 0 Å². The van der Waals surface area contributed by atoms with Gasteiger partial charge in [-0.25, -0.2) is 4.79 Å². The highest BCUT2D eigenvalue weighted by atomic mass is 16.4. The van der Waals surface area contributed by atoms with Gasteiger partial charge in [-0.2, -0.15) is 0 Å². The molecule has 1 aromatic carbocycles. The van der Waals surface area contributed by atoms with Crippen LogP contribution in [0.3, 0.4) is 0 Å². The van der Waals surface area contributed by atoms with Crippen LogP contribution in [0.4, 0.5) is 0 Å². The van der Waals surface area contributed by atoms with E-state index in [1.165, 1.54) is 0 Å². The van der Waals surface area contributed by atoms with Gasteiger partial charge in [0.15, 0.2) is 0 Å². The fourth-order valence-electron chi connectivity index (χ4n) is 4.30. The molecule has 4 rings (SSSR count). The Kier molecular flexibility index (Phi) is 3.63. The number of hydrogen-bond acceptors (Lipinski definition) is 2. The molecule has 3 unspecified atom stereocenters. The van der Waals surface area contributed by atoms with Gasteiger partial charge in [0, 0.05) is 30.2 Å². The molecule has 1 N–H and O–H groups in total. The minimum atomic E-state index is -0.876. The van der Waals surface area contributed by atoms with Gasteiger partial charge < -0.3 is 14.6 Å². The normalized spacial score (nSPS) is 25.7. The zero-order valence-corrected chi connectivity index (χ0v) is 13.3. The second kappa shape index (κ2) is 5.82. The molecule has 2 aliphatic rings. The Morgan fingerprint density at radius 2 is 1.88 bits per heavy atom. The molecule has 0 bridgehead atoms. The number of rotatable bonds is 3. The van der Waals surface area contributed by atoms with Crippen LogP contribution in [0.1, 0.15) is 29.6 Å². The van der Waals surface area contributed by atoms with E-state index < -0.39 is 12.0 Å². The summed E-state index contributed by atoms with van der Waals surface area (Å²) in [7, 11) is 0. The van der Waals surface area contributed by atoms with E-state index in [-0.39, 0.29) is 11.8 Å². The van der Waals surface area contributed by atoms with E-state index in [0.717, 1.165) is 24.9 Å². The third kappa shape index (κ3) is 2.40. The first-order valence-corrected chi connectivity index (χ1v) is 8.42. The number of hydrogen-bond donors (Lipinski definition) is 1. The zero-order valence-electron chi connectivity index (χ0n) is 13.3. The first-order chi connectivity index (χ1) is 11.6. The van der Waals surface area contributed by atoms with E-state index in [0.29, 0.717) is 18.0 Å². The first kappa shape index (κ1) is 15.0. The lowest BCUT2D eigenvalue weighted by Crippen LogP contribution is -2.43. The van der Waals surface area contributed by atoms with Gasteiger partial charge in [0.2, 0.25) is 0 Å². The monoisotopic (exact) mass is 324 g/mol. The van der Waals surface area contributed by atoms with Crippen LogP contribution in [-0.2, 0) is 4.79 Å². The number of carboxylic acids is 1. The van der Waals surface area contributed by atoms with E-state index in [1.807, 2.05) is 47.3 Å². The molecule has 2 heterocycles. The molecule has 1 aliphatic heterocycles. The number of carboxylic acid groups (broad SMARTS) is 1. The predicted octanol–water partition coefficient (Wildman–Crippen LogP) is 2.80. The van der Waals surface area contributed by atoms with Gasteiger partial charge in [-0.05, 0) is 55.0 Å². The molecular weight excluding hydrogens is 304 g/mol. The van der Waals surface area contributed by atoms with Gasteiger partial charge in [-0.3, -0.25) is 4.79 Å². The quantitative estimate of drug-likeness (QED) is 0.944. The van der Waals surface area contributed by atoms with Crippen LogP contribution in [0.5, 0.6) is 0 Å². The van der Waals surface area contributed by atoms with Gasteiger partial charge in [-0.1, -0.05) is 12.5 Å². The summed E-state index contributed by atoms with van der Waals surface area (Å²) in [5, 5.41) is 9.63. The largest absolute Gasteiger partial charge is 0.480 e. The summed E-state index contributed by atoms with van der Waals surface area (Å²) in [5.41, 5.74) is 1.45. The molecule has 5 heteroatoms. The van der Waals surface area contributed by atoms with Crippen molar-refractivity contribution in [2.75, 3.05) is 6.54 Å². The second-order valence-electron chi connectivity index (χ2n) is 6.74. The fraction of sp³-hybridized carbons (Fsp3) is 0.368. The molecule has 0 spiro atoms. The van der Waals surface area contributed by atoms with Crippen LogP contribution in [0, 0.1) is 11.8 Å². The zero-order chi connectivity index (χ0) is 16.7. The number of likely N-dealkylation sites (tertiary alicyclic amines) is 1. The van der Waals surface area contributed by atoms with Crippen LogP contribution in [-0.4, -0.2) is 39.0 Å². The van der Waals surface area contributed by atoms with Crippen molar-refractivity contribution in [3.05, 3.63) is 54.4 Å². The van der Waals surface area contributed by atoms with Crippen LogP contribution in [0.15, 0.2) is 48.8 Å². The van der Waals surface area contributed by atoms with Crippen molar-refractivity contribution in [3.63, 3.8) is 0 Å². The molecular formula is C19H20N2O3. The summed E-state index contributed by atoms with van der Waals surface area (Å²) >= 11 is 0. The molecule has 124 valence electrons. The van der Waals surface area contributed by atoms with Gasteiger partial charge in [0.1, 0.15) is 6.04 Å². The van der Waals surface area contributed by atoms with Crippen molar-refractivity contribution in [2.24, 2.45) is 11.8 Å². The second-order valence-corrected chi connectivity index (χ2v) is 6.74. The highest BCUT2D eigenvalue weighted by Gasteiger charge is 2.49. The van der Waals surface area contributed by atoms with Crippen molar-refractivity contribution >= 4 is 11.9 Å². The molecule has 24 heavy (non-hydrogen) atoms. The molecule has 1 amide bonds.